The van der Waals surface area contributed by atoms with Crippen LogP contribution < -0.4 is 11.1 Å². The number of nitrogens with zero attached hydrogens (tertiary/aromatic N) is 3. The number of carbonyl (C=O) groups excluding carboxylic acids is 1. The highest BCUT2D eigenvalue weighted by Gasteiger charge is 2.31. The number of amides is 1. The topological polar surface area (TPSA) is 99.9 Å². The normalized spacial score (nSPS) is 13.9. The number of nitrogens with two attached hydrogens (primary N) is 1. The van der Waals surface area contributed by atoms with Crippen molar-refractivity contribution in [3.8, 4) is 10.6 Å². The lowest BCUT2D eigenvalue weighted by molar-refractivity contribution is -0.131. The van der Waals surface area contributed by atoms with Crippen LogP contribution in [0.2, 0.25) is 5.02 Å². The number of aromatic amines is 1. The van der Waals surface area contributed by atoms with E-state index in [2.05, 4.69) is 20.5 Å². The predicted molar refractivity (Wildman–Crippen MR) is 110 cm³/mol. The summed E-state index contributed by atoms with van der Waals surface area (Å²) < 4.78 is 0.959. The van der Waals surface area contributed by atoms with Crippen LogP contribution in [0.15, 0.2) is 18.3 Å². The molecule has 0 aromatic carbocycles. The van der Waals surface area contributed by atoms with Crippen molar-refractivity contribution >= 4 is 50.6 Å². The molecular formula is C18H21ClN6OS. The highest BCUT2D eigenvalue weighted by Crippen LogP contribution is 2.43. The van der Waals surface area contributed by atoms with Gasteiger partial charge in [0.15, 0.2) is 0 Å². The molecule has 4 N–H and O–H groups in total. The second kappa shape index (κ2) is 7.36. The molecule has 1 amide bonds. The molecule has 1 saturated carbocycles. The molecule has 0 atom stereocenters. The van der Waals surface area contributed by atoms with Crippen LogP contribution in [0.25, 0.3) is 20.8 Å². The molecule has 0 aliphatic heterocycles. The Balaban J connectivity index is 1.48. The van der Waals surface area contributed by atoms with E-state index in [0.29, 0.717) is 16.4 Å². The number of nitrogen functional groups attached to an aromatic ring is 1. The molecule has 0 spiro atoms. The van der Waals surface area contributed by atoms with Crippen LogP contribution in [0.3, 0.4) is 0 Å². The Kier molecular flexibility index (Phi) is 4.92. The van der Waals surface area contributed by atoms with Crippen molar-refractivity contribution in [2.45, 2.75) is 19.3 Å². The summed E-state index contributed by atoms with van der Waals surface area (Å²) in [4.78, 5) is 19.1. The summed E-state index contributed by atoms with van der Waals surface area (Å²) in [6, 6.07) is 3.70. The van der Waals surface area contributed by atoms with Gasteiger partial charge < -0.3 is 16.0 Å². The van der Waals surface area contributed by atoms with E-state index in [-0.39, 0.29) is 11.8 Å². The number of H-pyrrole nitrogens is 1. The maximum atomic E-state index is 12.0. The van der Waals surface area contributed by atoms with E-state index in [4.69, 9.17) is 17.3 Å². The average molecular weight is 405 g/mol. The Bertz CT molecular complexity index is 966. The van der Waals surface area contributed by atoms with Crippen LogP contribution in [-0.2, 0) is 4.79 Å². The number of anilines is 2. The van der Waals surface area contributed by atoms with Crippen LogP contribution in [0, 0.1) is 5.92 Å². The fraction of sp³-hybridized carbons (Fsp3) is 0.389. The molecule has 1 fully saturated rings. The van der Waals surface area contributed by atoms with Crippen LogP contribution in [0.1, 0.15) is 19.3 Å². The summed E-state index contributed by atoms with van der Waals surface area (Å²) in [5.41, 5.74) is 8.43. The number of fused-ring (bicyclic) bond motifs is 1. The molecule has 7 nitrogen and oxygen atoms in total. The molecule has 4 rings (SSSR count). The standard InChI is InChI=1S/C18H21ClN6OS/c1-25(18(26)10-3-4-10)8-2-6-21-12-9-13(20)23-15-14(19)16(27-17(12)15)11-5-7-22-24-11/h5,7,9-10H,2-4,6,8H2,1H3,(H,22,24)(H3,20,21,23). The van der Waals surface area contributed by atoms with Gasteiger partial charge in [-0.3, -0.25) is 9.89 Å². The van der Waals surface area contributed by atoms with E-state index in [1.165, 1.54) is 0 Å². The van der Waals surface area contributed by atoms with Crippen molar-refractivity contribution in [3.63, 3.8) is 0 Å². The Labute approximate surface area is 165 Å². The molecule has 0 radical (unpaired) electrons. The summed E-state index contributed by atoms with van der Waals surface area (Å²) in [5.74, 6) is 0.943. The number of nitrogens with one attached hydrogen (secondary N) is 2. The van der Waals surface area contributed by atoms with E-state index in [1.54, 1.807) is 17.5 Å². The SMILES string of the molecule is CN(CCCNc1cc(N)nc2c(Cl)c(-c3ccn[nH]3)sc12)C(=O)C1CC1. The lowest BCUT2D eigenvalue weighted by Gasteiger charge is -2.17. The molecule has 27 heavy (non-hydrogen) atoms. The van der Waals surface area contributed by atoms with Crippen molar-refractivity contribution < 1.29 is 4.79 Å². The second-order valence-electron chi connectivity index (χ2n) is 6.80. The molecule has 3 aromatic heterocycles. The minimum absolute atomic E-state index is 0.261. The van der Waals surface area contributed by atoms with Crippen molar-refractivity contribution in [1.82, 2.24) is 20.1 Å². The molecule has 1 aliphatic rings. The quantitative estimate of drug-likeness (QED) is 0.522. The third-order valence-electron chi connectivity index (χ3n) is 4.64. The average Bonchev–Trinajstić information content (AvgIpc) is 3.26. The van der Waals surface area contributed by atoms with Gasteiger partial charge in [0.05, 0.1) is 26.0 Å². The number of aromatic nitrogens is 3. The van der Waals surface area contributed by atoms with Gasteiger partial charge in [-0.2, -0.15) is 5.10 Å². The molecule has 0 unspecified atom stereocenters. The lowest BCUT2D eigenvalue weighted by Crippen LogP contribution is -2.30. The first kappa shape index (κ1) is 18.1. The third kappa shape index (κ3) is 3.72. The van der Waals surface area contributed by atoms with E-state index in [1.807, 2.05) is 24.1 Å². The monoisotopic (exact) mass is 404 g/mol. The van der Waals surface area contributed by atoms with E-state index in [0.717, 1.165) is 53.3 Å². The van der Waals surface area contributed by atoms with Gasteiger partial charge in [0, 0.05) is 38.3 Å². The Hall–Kier alpha value is -2.32. The number of carbonyl (C=O) groups is 1. The summed E-state index contributed by atoms with van der Waals surface area (Å²) in [5, 5.41) is 10.9. The van der Waals surface area contributed by atoms with Gasteiger partial charge in [-0.05, 0) is 25.3 Å². The van der Waals surface area contributed by atoms with Gasteiger partial charge in [-0.1, -0.05) is 11.6 Å². The summed E-state index contributed by atoms with van der Waals surface area (Å²) in [7, 11) is 1.87. The van der Waals surface area contributed by atoms with Crippen LogP contribution in [0.5, 0.6) is 0 Å². The van der Waals surface area contributed by atoms with Crippen molar-refractivity contribution in [1.29, 1.82) is 0 Å². The first-order chi connectivity index (χ1) is 13.0. The van der Waals surface area contributed by atoms with Gasteiger partial charge in [0.25, 0.3) is 0 Å². The zero-order valence-electron chi connectivity index (χ0n) is 15.0. The molecular weight excluding hydrogens is 384 g/mol. The molecule has 0 bridgehead atoms. The van der Waals surface area contributed by atoms with Crippen LogP contribution in [0.4, 0.5) is 11.5 Å². The lowest BCUT2D eigenvalue weighted by atomic mass is 10.2. The fourth-order valence-corrected chi connectivity index (χ4v) is 4.55. The van der Waals surface area contributed by atoms with E-state index in [9.17, 15) is 4.79 Å². The van der Waals surface area contributed by atoms with E-state index < -0.39 is 0 Å². The molecule has 142 valence electrons. The van der Waals surface area contributed by atoms with Crippen molar-refractivity contribution in [2.24, 2.45) is 5.92 Å². The minimum atomic E-state index is 0.261. The summed E-state index contributed by atoms with van der Waals surface area (Å²) in [6.07, 6.45) is 4.61. The number of rotatable bonds is 7. The molecule has 0 saturated heterocycles. The van der Waals surface area contributed by atoms with Gasteiger partial charge in [0.2, 0.25) is 5.91 Å². The first-order valence-electron chi connectivity index (χ1n) is 8.91. The predicted octanol–water partition coefficient (Wildman–Crippen LogP) is 3.59. The van der Waals surface area contributed by atoms with Crippen LogP contribution in [-0.4, -0.2) is 46.1 Å². The zero-order chi connectivity index (χ0) is 19.0. The smallest absolute Gasteiger partial charge is 0.225 e. The number of pyridine rings is 1. The maximum Gasteiger partial charge on any atom is 0.225 e. The van der Waals surface area contributed by atoms with Gasteiger partial charge in [-0.25, -0.2) is 4.98 Å². The van der Waals surface area contributed by atoms with Gasteiger partial charge in [0.1, 0.15) is 11.3 Å². The first-order valence-corrected chi connectivity index (χ1v) is 10.1. The largest absolute Gasteiger partial charge is 0.384 e. The number of hydrogen-bond acceptors (Lipinski definition) is 6. The number of halogens is 1. The Morgan fingerprint density at radius 2 is 2.33 bits per heavy atom. The molecule has 3 aromatic rings. The number of hydrogen-bond donors (Lipinski definition) is 3. The second-order valence-corrected chi connectivity index (χ2v) is 8.20. The fourth-order valence-electron chi connectivity index (χ4n) is 3.04. The minimum Gasteiger partial charge on any atom is -0.384 e. The highest BCUT2D eigenvalue weighted by molar-refractivity contribution is 7.23. The van der Waals surface area contributed by atoms with Crippen molar-refractivity contribution in [3.05, 3.63) is 23.4 Å². The molecule has 3 heterocycles. The highest BCUT2D eigenvalue weighted by atomic mass is 35.5. The van der Waals surface area contributed by atoms with E-state index >= 15 is 0 Å². The van der Waals surface area contributed by atoms with Gasteiger partial charge >= 0.3 is 0 Å². The Morgan fingerprint density at radius 1 is 1.52 bits per heavy atom. The maximum absolute atomic E-state index is 12.0. The summed E-state index contributed by atoms with van der Waals surface area (Å²) >= 11 is 8.09. The van der Waals surface area contributed by atoms with Crippen LogP contribution >= 0.6 is 22.9 Å². The van der Waals surface area contributed by atoms with Crippen molar-refractivity contribution in [2.75, 3.05) is 31.2 Å². The zero-order valence-corrected chi connectivity index (χ0v) is 16.5. The van der Waals surface area contributed by atoms with Gasteiger partial charge in [-0.15, -0.1) is 11.3 Å². The third-order valence-corrected chi connectivity index (χ3v) is 6.36. The number of thiophene rings is 1. The molecule has 1 aliphatic carbocycles. The Morgan fingerprint density at radius 3 is 3.04 bits per heavy atom. The molecule has 9 heteroatoms. The summed E-state index contributed by atoms with van der Waals surface area (Å²) in [6.45, 7) is 1.46.